The molecule has 0 fully saturated rings. The fourth-order valence-electron chi connectivity index (χ4n) is 2.53. The van der Waals surface area contributed by atoms with Crippen LogP contribution < -0.4 is 20.5 Å². The van der Waals surface area contributed by atoms with E-state index in [4.69, 9.17) is 15.2 Å². The average molecular weight is 344 g/mol. The summed E-state index contributed by atoms with van der Waals surface area (Å²) < 4.78 is 10.5. The molecular formula is C18H24N4O3. The number of amides is 1. The summed E-state index contributed by atoms with van der Waals surface area (Å²) in [5, 5.41) is 2.81. The predicted octanol–water partition coefficient (Wildman–Crippen LogP) is 1.82. The molecular weight excluding hydrogens is 320 g/mol. The Bertz CT molecular complexity index is 729. The van der Waals surface area contributed by atoms with Crippen LogP contribution in [0.2, 0.25) is 0 Å². The van der Waals surface area contributed by atoms with Crippen molar-refractivity contribution in [3.05, 3.63) is 47.0 Å². The molecule has 1 atom stereocenters. The number of aromatic nitrogens is 2. The van der Waals surface area contributed by atoms with Gasteiger partial charge in [0.25, 0.3) is 0 Å². The number of ether oxygens (including phenoxy) is 2. The Balaban J connectivity index is 1.95. The van der Waals surface area contributed by atoms with Crippen molar-refractivity contribution in [2.45, 2.75) is 32.9 Å². The summed E-state index contributed by atoms with van der Waals surface area (Å²) in [6.45, 7) is 4.07. The number of nitrogens with two attached hydrogens (primary N) is 1. The van der Waals surface area contributed by atoms with Crippen molar-refractivity contribution in [3.8, 4) is 11.5 Å². The molecule has 0 aliphatic heterocycles. The molecule has 0 saturated carbocycles. The number of aryl methyl sites for hydroxylation is 2. The lowest BCUT2D eigenvalue weighted by Gasteiger charge is -2.15. The van der Waals surface area contributed by atoms with Crippen LogP contribution in [0.1, 0.15) is 35.2 Å². The molecule has 1 amide bonds. The van der Waals surface area contributed by atoms with Crippen LogP contribution in [0.4, 0.5) is 0 Å². The quantitative estimate of drug-likeness (QED) is 0.795. The first-order chi connectivity index (χ1) is 11.9. The molecule has 134 valence electrons. The highest BCUT2D eigenvalue weighted by molar-refractivity contribution is 5.76. The average Bonchev–Trinajstić information content (AvgIpc) is 2.58. The van der Waals surface area contributed by atoms with Gasteiger partial charge in [-0.25, -0.2) is 9.97 Å². The van der Waals surface area contributed by atoms with Gasteiger partial charge < -0.3 is 20.5 Å². The van der Waals surface area contributed by atoms with Gasteiger partial charge in [-0.3, -0.25) is 4.79 Å². The monoisotopic (exact) mass is 344 g/mol. The van der Waals surface area contributed by atoms with Crippen molar-refractivity contribution in [3.63, 3.8) is 0 Å². The maximum absolute atomic E-state index is 12.1. The number of hydrogen-bond donors (Lipinski definition) is 2. The summed E-state index contributed by atoms with van der Waals surface area (Å²) in [7, 11) is 3.13. The van der Waals surface area contributed by atoms with Gasteiger partial charge in [0.15, 0.2) is 11.5 Å². The molecule has 0 saturated heterocycles. The molecule has 2 rings (SSSR count). The lowest BCUT2D eigenvalue weighted by molar-refractivity contribution is -0.121. The van der Waals surface area contributed by atoms with Crippen LogP contribution >= 0.6 is 0 Å². The van der Waals surface area contributed by atoms with Crippen molar-refractivity contribution in [1.82, 2.24) is 15.3 Å². The van der Waals surface area contributed by atoms with Gasteiger partial charge in [-0.2, -0.15) is 0 Å². The zero-order chi connectivity index (χ0) is 18.4. The van der Waals surface area contributed by atoms with Gasteiger partial charge in [0.1, 0.15) is 5.82 Å². The zero-order valence-corrected chi connectivity index (χ0v) is 15.0. The van der Waals surface area contributed by atoms with E-state index in [2.05, 4.69) is 15.3 Å². The van der Waals surface area contributed by atoms with Crippen LogP contribution in [0.25, 0.3) is 0 Å². The van der Waals surface area contributed by atoms with Gasteiger partial charge in [-0.15, -0.1) is 0 Å². The van der Waals surface area contributed by atoms with E-state index in [0.717, 1.165) is 17.0 Å². The molecule has 25 heavy (non-hydrogen) atoms. The van der Waals surface area contributed by atoms with Crippen molar-refractivity contribution in [1.29, 1.82) is 0 Å². The number of nitrogens with one attached hydrogen (secondary N) is 1. The molecule has 7 nitrogen and oxygen atoms in total. The second-order valence-corrected chi connectivity index (χ2v) is 5.77. The van der Waals surface area contributed by atoms with E-state index < -0.39 is 6.04 Å². The predicted molar refractivity (Wildman–Crippen MR) is 94.4 cm³/mol. The fraction of sp³-hybridized carbons (Fsp3) is 0.389. The number of benzene rings is 1. The Hall–Kier alpha value is -2.67. The number of carbonyl (C=O) groups is 1. The minimum Gasteiger partial charge on any atom is -0.493 e. The summed E-state index contributed by atoms with van der Waals surface area (Å²) in [5.41, 5.74) is 8.69. The summed E-state index contributed by atoms with van der Waals surface area (Å²) >= 11 is 0. The van der Waals surface area contributed by atoms with Crippen molar-refractivity contribution in [2.75, 3.05) is 14.2 Å². The van der Waals surface area contributed by atoms with E-state index in [1.165, 1.54) is 0 Å². The fourth-order valence-corrected chi connectivity index (χ4v) is 2.53. The van der Waals surface area contributed by atoms with Crippen molar-refractivity contribution < 1.29 is 14.3 Å². The van der Waals surface area contributed by atoms with E-state index in [-0.39, 0.29) is 18.9 Å². The van der Waals surface area contributed by atoms with Crippen LogP contribution in [0, 0.1) is 13.8 Å². The maximum atomic E-state index is 12.1. The minimum absolute atomic E-state index is 0.153. The van der Waals surface area contributed by atoms with E-state index in [0.29, 0.717) is 17.3 Å². The maximum Gasteiger partial charge on any atom is 0.222 e. The normalized spacial score (nSPS) is 11.7. The first-order valence-corrected chi connectivity index (χ1v) is 7.98. The molecule has 0 spiro atoms. The molecule has 2 aromatic rings. The molecule has 1 aromatic carbocycles. The summed E-state index contributed by atoms with van der Waals surface area (Å²) in [5.74, 6) is 1.63. The number of hydrogen-bond acceptors (Lipinski definition) is 6. The van der Waals surface area contributed by atoms with Crippen molar-refractivity contribution in [2.24, 2.45) is 5.73 Å². The van der Waals surface area contributed by atoms with E-state index in [1.54, 1.807) is 26.4 Å². The summed E-state index contributed by atoms with van der Waals surface area (Å²) in [6, 6.07) is 6.82. The van der Waals surface area contributed by atoms with Crippen LogP contribution in [0.15, 0.2) is 24.3 Å². The number of methoxy groups -OCH3 is 2. The van der Waals surface area contributed by atoms with E-state index in [9.17, 15) is 4.79 Å². The first kappa shape index (κ1) is 18.7. The molecule has 0 aliphatic rings. The molecule has 1 heterocycles. The zero-order valence-electron chi connectivity index (χ0n) is 15.0. The SMILES string of the molecule is COc1ccc([C@H](N)CC(=O)NCc2nc(C)cc(C)n2)cc1OC. The van der Waals surface area contributed by atoms with Crippen LogP contribution in [-0.4, -0.2) is 30.1 Å². The molecule has 0 unspecified atom stereocenters. The highest BCUT2D eigenvalue weighted by Crippen LogP contribution is 2.30. The lowest BCUT2D eigenvalue weighted by atomic mass is 10.0. The second kappa shape index (κ2) is 8.43. The molecule has 3 N–H and O–H groups in total. The van der Waals surface area contributed by atoms with E-state index >= 15 is 0 Å². The Morgan fingerprint density at radius 2 is 1.76 bits per heavy atom. The second-order valence-electron chi connectivity index (χ2n) is 5.77. The van der Waals surface area contributed by atoms with Gasteiger partial charge >= 0.3 is 0 Å². The first-order valence-electron chi connectivity index (χ1n) is 7.98. The van der Waals surface area contributed by atoms with Gasteiger partial charge in [0.2, 0.25) is 5.91 Å². The lowest BCUT2D eigenvalue weighted by Crippen LogP contribution is -2.28. The third kappa shape index (κ3) is 5.15. The highest BCUT2D eigenvalue weighted by Gasteiger charge is 2.14. The molecule has 0 radical (unpaired) electrons. The minimum atomic E-state index is -0.444. The molecule has 0 aliphatic carbocycles. The Kier molecular flexibility index (Phi) is 6.30. The van der Waals surface area contributed by atoms with Crippen LogP contribution in [-0.2, 0) is 11.3 Å². The molecule has 1 aromatic heterocycles. The third-order valence-electron chi connectivity index (χ3n) is 3.71. The van der Waals surface area contributed by atoms with Gasteiger partial charge in [-0.05, 0) is 37.6 Å². The number of carbonyl (C=O) groups excluding carboxylic acids is 1. The highest BCUT2D eigenvalue weighted by atomic mass is 16.5. The number of nitrogens with zero attached hydrogens (tertiary/aromatic N) is 2. The Morgan fingerprint density at radius 1 is 1.12 bits per heavy atom. The van der Waals surface area contributed by atoms with Gasteiger partial charge in [-0.1, -0.05) is 6.07 Å². The molecule has 7 heteroatoms. The Morgan fingerprint density at radius 3 is 2.36 bits per heavy atom. The Labute approximate surface area is 147 Å². The summed E-state index contributed by atoms with van der Waals surface area (Å²) in [4.78, 5) is 20.7. The largest absolute Gasteiger partial charge is 0.493 e. The van der Waals surface area contributed by atoms with Crippen LogP contribution in [0.3, 0.4) is 0 Å². The topological polar surface area (TPSA) is 99.4 Å². The van der Waals surface area contributed by atoms with E-state index in [1.807, 2.05) is 26.0 Å². The smallest absolute Gasteiger partial charge is 0.222 e. The van der Waals surface area contributed by atoms with Crippen molar-refractivity contribution >= 4 is 5.91 Å². The standard InChI is InChI=1S/C18H24N4O3/c1-11-7-12(2)22-17(21-11)10-20-18(23)9-14(19)13-5-6-15(24-3)16(8-13)25-4/h5-8,14H,9-10,19H2,1-4H3,(H,20,23)/t14-/m1/s1. The number of rotatable bonds is 7. The van der Waals surface area contributed by atoms with Gasteiger partial charge in [0, 0.05) is 23.9 Å². The third-order valence-corrected chi connectivity index (χ3v) is 3.71. The summed E-state index contributed by atoms with van der Waals surface area (Å²) in [6.07, 6.45) is 0.153. The van der Waals surface area contributed by atoms with Gasteiger partial charge in [0.05, 0.1) is 20.8 Å². The molecule has 0 bridgehead atoms. The van der Waals surface area contributed by atoms with Crippen LogP contribution in [0.5, 0.6) is 11.5 Å².